The van der Waals surface area contributed by atoms with Crippen LogP contribution in [0.1, 0.15) is 6.92 Å². The SMILES string of the molecule is CC(=O)Nc1ccc(SCCBr)cc1. The molecule has 0 fully saturated rings. The number of carbonyl (C=O) groups is 1. The van der Waals surface area contributed by atoms with Crippen molar-refractivity contribution in [3.05, 3.63) is 24.3 Å². The first-order chi connectivity index (χ1) is 6.72. The molecule has 76 valence electrons. The van der Waals surface area contributed by atoms with Crippen molar-refractivity contribution < 1.29 is 4.79 Å². The van der Waals surface area contributed by atoms with E-state index >= 15 is 0 Å². The van der Waals surface area contributed by atoms with E-state index in [0.717, 1.165) is 16.8 Å². The molecular weight excluding hydrogens is 262 g/mol. The molecule has 1 aromatic carbocycles. The van der Waals surface area contributed by atoms with Crippen LogP contribution < -0.4 is 5.32 Å². The van der Waals surface area contributed by atoms with Gasteiger partial charge >= 0.3 is 0 Å². The summed E-state index contributed by atoms with van der Waals surface area (Å²) in [5, 5.41) is 3.72. The zero-order valence-corrected chi connectivity index (χ0v) is 10.3. The molecule has 0 radical (unpaired) electrons. The van der Waals surface area contributed by atoms with Crippen molar-refractivity contribution in [2.75, 3.05) is 16.4 Å². The highest BCUT2D eigenvalue weighted by Crippen LogP contribution is 2.20. The van der Waals surface area contributed by atoms with Gasteiger partial charge in [0.25, 0.3) is 0 Å². The summed E-state index contributed by atoms with van der Waals surface area (Å²) in [7, 11) is 0. The lowest BCUT2D eigenvalue weighted by Crippen LogP contribution is -2.05. The Morgan fingerprint density at radius 3 is 2.57 bits per heavy atom. The fourth-order valence-corrected chi connectivity index (χ4v) is 2.12. The van der Waals surface area contributed by atoms with Gasteiger partial charge in [-0.3, -0.25) is 4.79 Å². The van der Waals surface area contributed by atoms with Gasteiger partial charge in [0.05, 0.1) is 0 Å². The molecule has 0 saturated heterocycles. The minimum absolute atomic E-state index is 0.0362. The molecule has 0 saturated carbocycles. The van der Waals surface area contributed by atoms with Gasteiger partial charge in [-0.2, -0.15) is 0 Å². The van der Waals surface area contributed by atoms with Gasteiger partial charge in [0, 0.05) is 28.6 Å². The molecule has 0 aliphatic heterocycles. The average Bonchev–Trinajstić information content (AvgIpc) is 2.16. The molecule has 2 nitrogen and oxygen atoms in total. The molecule has 0 aromatic heterocycles. The monoisotopic (exact) mass is 273 g/mol. The molecule has 1 rings (SSSR count). The van der Waals surface area contributed by atoms with E-state index in [1.54, 1.807) is 11.8 Å². The van der Waals surface area contributed by atoms with Crippen LogP contribution in [0.15, 0.2) is 29.2 Å². The van der Waals surface area contributed by atoms with Crippen molar-refractivity contribution in [1.29, 1.82) is 0 Å². The molecule has 1 aromatic rings. The Morgan fingerprint density at radius 2 is 2.07 bits per heavy atom. The topological polar surface area (TPSA) is 29.1 Å². The Hall–Kier alpha value is -0.480. The minimum atomic E-state index is -0.0362. The first kappa shape index (κ1) is 11.6. The van der Waals surface area contributed by atoms with E-state index < -0.39 is 0 Å². The number of hydrogen-bond acceptors (Lipinski definition) is 2. The summed E-state index contributed by atoms with van der Waals surface area (Å²) in [5.41, 5.74) is 0.848. The van der Waals surface area contributed by atoms with Crippen LogP contribution in [0.25, 0.3) is 0 Å². The van der Waals surface area contributed by atoms with E-state index in [1.807, 2.05) is 24.3 Å². The molecule has 0 aliphatic carbocycles. The summed E-state index contributed by atoms with van der Waals surface area (Å²) >= 11 is 5.16. The standard InChI is InChI=1S/C10H12BrNOS/c1-8(13)12-9-2-4-10(5-3-9)14-7-6-11/h2-5H,6-7H2,1H3,(H,12,13). The zero-order valence-electron chi connectivity index (χ0n) is 7.92. The quantitative estimate of drug-likeness (QED) is 0.675. The second-order valence-electron chi connectivity index (χ2n) is 2.74. The predicted molar refractivity (Wildman–Crippen MR) is 65.3 cm³/mol. The van der Waals surface area contributed by atoms with Gasteiger partial charge < -0.3 is 5.32 Å². The molecule has 0 bridgehead atoms. The number of thioether (sulfide) groups is 1. The number of alkyl halides is 1. The summed E-state index contributed by atoms with van der Waals surface area (Å²) in [6, 6.07) is 7.85. The third kappa shape index (κ3) is 4.15. The van der Waals surface area contributed by atoms with Crippen LogP contribution in [-0.2, 0) is 4.79 Å². The normalized spacial score (nSPS) is 9.86. The number of rotatable bonds is 4. The second kappa shape index (κ2) is 6.09. The maximum atomic E-state index is 10.7. The van der Waals surface area contributed by atoms with Crippen molar-refractivity contribution in [2.24, 2.45) is 0 Å². The van der Waals surface area contributed by atoms with Crippen LogP contribution in [0.2, 0.25) is 0 Å². The fourth-order valence-electron chi connectivity index (χ4n) is 0.994. The Balaban J connectivity index is 2.54. The number of benzene rings is 1. The third-order valence-corrected chi connectivity index (χ3v) is 3.46. The van der Waals surface area contributed by atoms with Gasteiger partial charge in [0.1, 0.15) is 0 Å². The van der Waals surface area contributed by atoms with Gasteiger partial charge in [0.2, 0.25) is 5.91 Å². The van der Waals surface area contributed by atoms with Crippen molar-refractivity contribution in [1.82, 2.24) is 0 Å². The summed E-state index contributed by atoms with van der Waals surface area (Å²) in [6.45, 7) is 1.51. The van der Waals surface area contributed by atoms with E-state index in [2.05, 4.69) is 21.2 Å². The van der Waals surface area contributed by atoms with Crippen molar-refractivity contribution in [3.8, 4) is 0 Å². The molecule has 0 spiro atoms. The van der Waals surface area contributed by atoms with Crippen molar-refractivity contribution in [2.45, 2.75) is 11.8 Å². The largest absolute Gasteiger partial charge is 0.326 e. The van der Waals surface area contributed by atoms with E-state index in [1.165, 1.54) is 11.8 Å². The number of anilines is 1. The van der Waals surface area contributed by atoms with E-state index in [-0.39, 0.29) is 5.91 Å². The molecule has 0 heterocycles. The lowest BCUT2D eigenvalue weighted by molar-refractivity contribution is -0.114. The summed E-state index contributed by atoms with van der Waals surface area (Å²) in [4.78, 5) is 12.0. The fraction of sp³-hybridized carbons (Fsp3) is 0.300. The Kier molecular flexibility index (Phi) is 5.04. The molecule has 1 amide bonds. The smallest absolute Gasteiger partial charge is 0.221 e. The third-order valence-electron chi connectivity index (χ3n) is 1.52. The number of amides is 1. The summed E-state index contributed by atoms with van der Waals surface area (Å²) in [6.07, 6.45) is 0. The Bertz CT molecular complexity index is 299. The first-order valence-electron chi connectivity index (χ1n) is 4.29. The lowest BCUT2D eigenvalue weighted by atomic mass is 10.3. The summed E-state index contributed by atoms with van der Waals surface area (Å²) < 4.78 is 0. The highest BCUT2D eigenvalue weighted by molar-refractivity contribution is 9.09. The first-order valence-corrected chi connectivity index (χ1v) is 6.39. The highest BCUT2D eigenvalue weighted by Gasteiger charge is 1.96. The summed E-state index contributed by atoms with van der Waals surface area (Å²) in [5.74, 6) is 1.02. The number of carbonyl (C=O) groups excluding carboxylic acids is 1. The predicted octanol–water partition coefficient (Wildman–Crippen LogP) is 3.13. The maximum Gasteiger partial charge on any atom is 0.221 e. The Labute approximate surface area is 96.6 Å². The molecule has 0 aliphatic rings. The number of nitrogens with one attached hydrogen (secondary N) is 1. The van der Waals surface area contributed by atoms with Gasteiger partial charge in [-0.05, 0) is 24.3 Å². The highest BCUT2D eigenvalue weighted by atomic mass is 79.9. The van der Waals surface area contributed by atoms with Gasteiger partial charge in [-0.25, -0.2) is 0 Å². The van der Waals surface area contributed by atoms with Crippen LogP contribution in [0.3, 0.4) is 0 Å². The minimum Gasteiger partial charge on any atom is -0.326 e. The Morgan fingerprint density at radius 1 is 1.43 bits per heavy atom. The number of hydrogen-bond donors (Lipinski definition) is 1. The number of halogens is 1. The van der Waals surface area contributed by atoms with Crippen LogP contribution in [0.4, 0.5) is 5.69 Å². The second-order valence-corrected chi connectivity index (χ2v) is 4.70. The van der Waals surface area contributed by atoms with Crippen LogP contribution in [0, 0.1) is 0 Å². The molecule has 0 atom stereocenters. The lowest BCUT2D eigenvalue weighted by Gasteiger charge is -2.03. The molecule has 14 heavy (non-hydrogen) atoms. The van der Waals surface area contributed by atoms with E-state index in [0.29, 0.717) is 0 Å². The molecular formula is C10H12BrNOS. The van der Waals surface area contributed by atoms with Crippen molar-refractivity contribution >= 4 is 39.3 Å². The van der Waals surface area contributed by atoms with Crippen molar-refractivity contribution in [3.63, 3.8) is 0 Å². The molecule has 0 unspecified atom stereocenters. The molecule has 1 N–H and O–H groups in total. The average molecular weight is 274 g/mol. The maximum absolute atomic E-state index is 10.7. The zero-order chi connectivity index (χ0) is 10.4. The van der Waals surface area contributed by atoms with Crippen LogP contribution in [0.5, 0.6) is 0 Å². The van der Waals surface area contributed by atoms with Crippen LogP contribution >= 0.6 is 27.7 Å². The molecule has 4 heteroatoms. The van der Waals surface area contributed by atoms with Gasteiger partial charge in [-0.15, -0.1) is 11.8 Å². The van der Waals surface area contributed by atoms with E-state index in [4.69, 9.17) is 0 Å². The van der Waals surface area contributed by atoms with Crippen LogP contribution in [-0.4, -0.2) is 17.0 Å². The van der Waals surface area contributed by atoms with Gasteiger partial charge in [-0.1, -0.05) is 15.9 Å². The van der Waals surface area contributed by atoms with Gasteiger partial charge in [0.15, 0.2) is 0 Å². The van der Waals surface area contributed by atoms with E-state index in [9.17, 15) is 4.79 Å².